The third-order valence-corrected chi connectivity index (χ3v) is 7.11. The fourth-order valence-electron chi connectivity index (χ4n) is 4.93. The fraction of sp³-hybridized carbons (Fsp3) is 0.258. The van der Waals surface area contributed by atoms with E-state index in [1.54, 1.807) is 17.6 Å². The number of pyridine rings is 1. The minimum absolute atomic E-state index is 0.0678. The largest absolute Gasteiger partial charge is 0.416 e. The van der Waals surface area contributed by atoms with Crippen LogP contribution in [0.5, 0.6) is 0 Å². The van der Waals surface area contributed by atoms with E-state index in [0.29, 0.717) is 48.6 Å². The summed E-state index contributed by atoms with van der Waals surface area (Å²) in [6, 6.07) is 13.1. The minimum Gasteiger partial charge on any atom is -0.378 e. The maximum absolute atomic E-state index is 15.4. The molecule has 1 aromatic heterocycles. The Kier molecular flexibility index (Phi) is 8.22. The van der Waals surface area contributed by atoms with Crippen LogP contribution in [0.15, 0.2) is 76.6 Å². The van der Waals surface area contributed by atoms with E-state index in [1.807, 2.05) is 4.90 Å². The molecule has 0 unspecified atom stereocenters. The summed E-state index contributed by atoms with van der Waals surface area (Å²) in [5, 5.41) is 8.39. The number of fused-ring (bicyclic) bond motifs is 1. The molecule has 0 bridgehead atoms. The summed E-state index contributed by atoms with van der Waals surface area (Å²) in [4.78, 5) is 19.7. The number of anilines is 1. The van der Waals surface area contributed by atoms with Crippen LogP contribution < -0.4 is 10.3 Å². The van der Waals surface area contributed by atoms with Gasteiger partial charge in [0.1, 0.15) is 17.5 Å². The number of aromatic nitrogens is 1. The van der Waals surface area contributed by atoms with Crippen LogP contribution in [0.3, 0.4) is 0 Å². The molecule has 0 amide bonds. The summed E-state index contributed by atoms with van der Waals surface area (Å²) < 4.78 is 75.1. The zero-order valence-electron chi connectivity index (χ0n) is 22.6. The van der Waals surface area contributed by atoms with E-state index < -0.39 is 28.8 Å². The zero-order valence-corrected chi connectivity index (χ0v) is 22.6. The number of halogens is 5. The molecule has 2 heterocycles. The molecule has 218 valence electrons. The number of alkyl halides is 3. The minimum atomic E-state index is -4.48. The van der Waals surface area contributed by atoms with Crippen molar-refractivity contribution in [3.05, 3.63) is 111 Å². The number of ether oxygens (including phenoxy) is 1. The van der Waals surface area contributed by atoms with Crippen molar-refractivity contribution in [3.63, 3.8) is 0 Å². The van der Waals surface area contributed by atoms with Crippen molar-refractivity contribution in [3.8, 4) is 0 Å². The highest BCUT2D eigenvalue weighted by atomic mass is 19.4. The molecule has 3 aromatic carbocycles. The van der Waals surface area contributed by atoms with Gasteiger partial charge in [0, 0.05) is 37.6 Å². The number of nitrogens with zero attached hydrogens (tertiary/aromatic N) is 3. The van der Waals surface area contributed by atoms with Gasteiger partial charge in [-0.25, -0.2) is 13.8 Å². The lowest BCUT2D eigenvalue weighted by molar-refractivity contribution is -0.137. The number of hydrogen-bond acceptors (Lipinski definition) is 4. The molecule has 4 aromatic rings. The van der Waals surface area contributed by atoms with Crippen LogP contribution in [0.2, 0.25) is 0 Å². The Bertz CT molecular complexity index is 1710. The molecule has 6 nitrogen and oxygen atoms in total. The maximum atomic E-state index is 15.4. The number of benzene rings is 3. The van der Waals surface area contributed by atoms with E-state index >= 15 is 4.39 Å². The van der Waals surface area contributed by atoms with Gasteiger partial charge in [0.2, 0.25) is 0 Å². The van der Waals surface area contributed by atoms with Gasteiger partial charge in [-0.2, -0.15) is 13.2 Å². The lowest BCUT2D eigenvalue weighted by Crippen LogP contribution is -2.36. The smallest absolute Gasteiger partial charge is 0.378 e. The Balaban J connectivity index is 1.58. The number of amidine groups is 1. The topological polar surface area (TPSA) is 70.7 Å². The van der Waals surface area contributed by atoms with Gasteiger partial charge in [0.25, 0.3) is 0 Å². The number of aliphatic imine (C=N–C) groups is 1. The summed E-state index contributed by atoms with van der Waals surface area (Å²) in [5.41, 5.74) is 0.965. The average Bonchev–Trinajstić information content (AvgIpc) is 2.95. The molecule has 1 aliphatic rings. The second-order valence-electron chi connectivity index (χ2n) is 10.1. The van der Waals surface area contributed by atoms with Crippen LogP contribution >= 0.6 is 0 Å². The van der Waals surface area contributed by atoms with Gasteiger partial charge >= 0.3 is 6.18 Å². The lowest BCUT2D eigenvalue weighted by atomic mass is 10.1. The van der Waals surface area contributed by atoms with Crippen molar-refractivity contribution in [2.24, 2.45) is 4.99 Å². The molecule has 1 fully saturated rings. The number of hydrogen-bond donors (Lipinski definition) is 1. The normalized spacial score (nSPS) is 14.4. The first-order valence-electron chi connectivity index (χ1n) is 13.2. The fourth-order valence-corrected chi connectivity index (χ4v) is 4.93. The molecule has 5 rings (SSSR count). The molecule has 0 aliphatic carbocycles. The number of nitrogens with one attached hydrogen (secondary N) is 1. The zero-order chi connectivity index (χ0) is 30.0. The van der Waals surface area contributed by atoms with Gasteiger partial charge in [-0.05, 0) is 54.4 Å². The van der Waals surface area contributed by atoms with Gasteiger partial charge < -0.3 is 14.2 Å². The second kappa shape index (κ2) is 11.8. The van der Waals surface area contributed by atoms with E-state index in [0.717, 1.165) is 12.1 Å². The molecule has 0 atom stereocenters. The summed E-state index contributed by atoms with van der Waals surface area (Å²) in [6.45, 7) is 3.43. The Labute approximate surface area is 238 Å². The first-order valence-corrected chi connectivity index (χ1v) is 13.2. The van der Waals surface area contributed by atoms with Crippen molar-refractivity contribution < 1.29 is 26.7 Å². The molecule has 11 heteroatoms. The molecule has 0 radical (unpaired) electrons. The van der Waals surface area contributed by atoms with Gasteiger partial charge in [0.05, 0.1) is 41.3 Å². The standard InChI is InChI=1S/C31H27F5N4O2/c1-19(38-29(37)14-20-4-8-23(32)9-5-20)25-18-40(17-21-2-6-22(7-3-21)31(34,35)36)27-16-28(39-10-12-42-13-11-39)26(33)15-24(27)30(25)41/h2-9,15-16,18,37H,10-14,17H2,1H3. The van der Waals surface area contributed by atoms with Crippen LogP contribution in [-0.2, 0) is 23.9 Å². The van der Waals surface area contributed by atoms with Crippen molar-refractivity contribution in [1.29, 1.82) is 5.41 Å². The second-order valence-corrected chi connectivity index (χ2v) is 10.1. The highest BCUT2D eigenvalue weighted by Gasteiger charge is 2.30. The molecule has 1 aliphatic heterocycles. The number of rotatable bonds is 6. The highest BCUT2D eigenvalue weighted by molar-refractivity contribution is 6.07. The molecule has 1 N–H and O–H groups in total. The highest BCUT2D eigenvalue weighted by Crippen LogP contribution is 2.30. The third-order valence-electron chi connectivity index (χ3n) is 7.11. The summed E-state index contributed by atoms with van der Waals surface area (Å²) in [6.07, 6.45) is -2.85. The van der Waals surface area contributed by atoms with Crippen molar-refractivity contribution >= 4 is 28.1 Å². The van der Waals surface area contributed by atoms with Crippen LogP contribution in [-0.4, -0.2) is 42.4 Å². The monoisotopic (exact) mass is 582 g/mol. The number of morpholine rings is 1. The predicted octanol–water partition coefficient (Wildman–Crippen LogP) is 6.21. The molecule has 1 saturated heterocycles. The molecule has 42 heavy (non-hydrogen) atoms. The van der Waals surface area contributed by atoms with Gasteiger partial charge in [-0.15, -0.1) is 0 Å². The lowest BCUT2D eigenvalue weighted by Gasteiger charge is -2.29. The van der Waals surface area contributed by atoms with Crippen LogP contribution in [0.1, 0.15) is 29.2 Å². The van der Waals surface area contributed by atoms with Crippen molar-refractivity contribution in [2.45, 2.75) is 26.1 Å². The van der Waals surface area contributed by atoms with E-state index in [1.165, 1.54) is 48.7 Å². The quantitative estimate of drug-likeness (QED) is 0.167. The van der Waals surface area contributed by atoms with E-state index in [4.69, 9.17) is 10.1 Å². The van der Waals surface area contributed by atoms with Crippen molar-refractivity contribution in [2.75, 3.05) is 31.2 Å². The predicted molar refractivity (Wildman–Crippen MR) is 152 cm³/mol. The summed E-state index contributed by atoms with van der Waals surface area (Å²) >= 11 is 0. The summed E-state index contributed by atoms with van der Waals surface area (Å²) in [7, 11) is 0. The first-order chi connectivity index (χ1) is 20.0. The van der Waals surface area contributed by atoms with Crippen LogP contribution in [0, 0.1) is 17.0 Å². The summed E-state index contributed by atoms with van der Waals surface area (Å²) in [5.74, 6) is -1.06. The van der Waals surface area contributed by atoms with Gasteiger partial charge in [0.15, 0.2) is 5.43 Å². The Hall–Kier alpha value is -4.38. The van der Waals surface area contributed by atoms with E-state index in [-0.39, 0.29) is 35.5 Å². The Morgan fingerprint density at radius 2 is 1.62 bits per heavy atom. The Morgan fingerprint density at radius 3 is 2.26 bits per heavy atom. The molecular formula is C31H27F5N4O2. The van der Waals surface area contributed by atoms with Crippen molar-refractivity contribution in [1.82, 2.24) is 4.57 Å². The Morgan fingerprint density at radius 1 is 0.976 bits per heavy atom. The van der Waals surface area contributed by atoms with Crippen LogP contribution in [0.4, 0.5) is 27.6 Å². The van der Waals surface area contributed by atoms with E-state index in [2.05, 4.69) is 4.99 Å². The first kappa shape index (κ1) is 29.1. The molecule has 0 saturated carbocycles. The van der Waals surface area contributed by atoms with Crippen LogP contribution in [0.25, 0.3) is 10.9 Å². The third kappa shape index (κ3) is 6.41. The average molecular weight is 583 g/mol. The van der Waals surface area contributed by atoms with Gasteiger partial charge in [-0.3, -0.25) is 10.2 Å². The molecule has 0 spiro atoms. The molecular weight excluding hydrogens is 555 g/mol. The van der Waals surface area contributed by atoms with E-state index in [9.17, 15) is 22.4 Å². The maximum Gasteiger partial charge on any atom is 0.416 e. The SMILES string of the molecule is CC(=NC(=N)Cc1ccc(F)cc1)c1cn(Cc2ccc(C(F)(F)F)cc2)c2cc(N3CCOCC3)c(F)cc2c1=O. The van der Waals surface area contributed by atoms with Gasteiger partial charge in [-0.1, -0.05) is 24.3 Å².